The molecule has 0 amide bonds. The van der Waals surface area contributed by atoms with E-state index in [1.54, 1.807) is 0 Å². The lowest BCUT2D eigenvalue weighted by Crippen LogP contribution is -2.16. The number of phenols is 2. The van der Waals surface area contributed by atoms with Gasteiger partial charge in [0.1, 0.15) is 5.75 Å². The molecule has 0 aliphatic rings. The Labute approximate surface area is 79.6 Å². The molecular formula is C9H8O5. The van der Waals surface area contributed by atoms with Gasteiger partial charge in [-0.15, -0.1) is 0 Å². The molecule has 5 nitrogen and oxygen atoms in total. The van der Waals surface area contributed by atoms with E-state index in [1.165, 1.54) is 6.07 Å². The van der Waals surface area contributed by atoms with Crippen LogP contribution in [-0.2, 0) is 9.59 Å². The minimum absolute atomic E-state index is 0.000463. The van der Waals surface area contributed by atoms with Crippen molar-refractivity contribution in [2.45, 2.75) is 6.92 Å². The lowest BCUT2D eigenvalue weighted by molar-refractivity contribution is -0.146. The molecule has 0 spiro atoms. The predicted octanol–water partition coefficient (Wildman–Crippen LogP) is 0.592. The number of benzene rings is 1. The SMILES string of the molecule is CC(=O)C(=O)Oc1ccc(O)c(O)c1. The third-order valence-corrected chi connectivity index (χ3v) is 1.44. The van der Waals surface area contributed by atoms with Crippen LogP contribution in [0, 0.1) is 0 Å². The second kappa shape index (κ2) is 3.78. The largest absolute Gasteiger partial charge is 0.504 e. The van der Waals surface area contributed by atoms with Gasteiger partial charge in [-0.3, -0.25) is 4.79 Å². The molecule has 0 saturated heterocycles. The molecule has 0 heterocycles. The number of rotatable bonds is 2. The lowest BCUT2D eigenvalue weighted by atomic mass is 10.3. The quantitative estimate of drug-likeness (QED) is 0.313. The second-order valence-electron chi connectivity index (χ2n) is 2.60. The highest BCUT2D eigenvalue weighted by Crippen LogP contribution is 2.28. The monoisotopic (exact) mass is 196 g/mol. The fourth-order valence-electron chi connectivity index (χ4n) is 0.746. The van der Waals surface area contributed by atoms with Crippen LogP contribution >= 0.6 is 0 Å². The Morgan fingerprint density at radius 1 is 1.21 bits per heavy atom. The number of esters is 1. The first-order valence-corrected chi connectivity index (χ1v) is 3.75. The summed E-state index contributed by atoms with van der Waals surface area (Å²) in [5.41, 5.74) is 0. The van der Waals surface area contributed by atoms with Crippen molar-refractivity contribution in [3.63, 3.8) is 0 Å². The van der Waals surface area contributed by atoms with E-state index in [0.717, 1.165) is 19.1 Å². The Morgan fingerprint density at radius 3 is 2.36 bits per heavy atom. The molecule has 0 bridgehead atoms. The van der Waals surface area contributed by atoms with Crippen molar-refractivity contribution >= 4 is 11.8 Å². The maximum absolute atomic E-state index is 10.8. The van der Waals surface area contributed by atoms with Crippen molar-refractivity contribution in [2.24, 2.45) is 0 Å². The molecule has 0 aliphatic carbocycles. The first kappa shape index (κ1) is 10.0. The van der Waals surface area contributed by atoms with Crippen LogP contribution < -0.4 is 4.74 Å². The molecule has 0 aromatic heterocycles. The van der Waals surface area contributed by atoms with E-state index in [4.69, 9.17) is 10.2 Å². The van der Waals surface area contributed by atoms with Crippen molar-refractivity contribution in [3.8, 4) is 17.2 Å². The van der Waals surface area contributed by atoms with Crippen LogP contribution in [0.4, 0.5) is 0 Å². The second-order valence-corrected chi connectivity index (χ2v) is 2.60. The molecule has 74 valence electrons. The fourth-order valence-corrected chi connectivity index (χ4v) is 0.746. The van der Waals surface area contributed by atoms with Gasteiger partial charge in [0.25, 0.3) is 0 Å². The number of aromatic hydroxyl groups is 2. The zero-order valence-corrected chi connectivity index (χ0v) is 7.35. The third kappa shape index (κ3) is 2.22. The Kier molecular flexibility index (Phi) is 2.71. The molecule has 0 radical (unpaired) electrons. The minimum atomic E-state index is -1.02. The molecule has 2 N–H and O–H groups in total. The van der Waals surface area contributed by atoms with Crippen LogP contribution in [-0.4, -0.2) is 22.0 Å². The lowest BCUT2D eigenvalue weighted by Gasteiger charge is -2.02. The standard InChI is InChI=1S/C9H8O5/c1-5(10)9(13)14-6-2-3-7(11)8(12)4-6/h2-4,11-12H,1H3. The van der Waals surface area contributed by atoms with Gasteiger partial charge in [-0.2, -0.15) is 0 Å². The van der Waals surface area contributed by atoms with E-state index in [0.29, 0.717) is 0 Å². The van der Waals surface area contributed by atoms with Gasteiger partial charge >= 0.3 is 5.97 Å². The molecule has 0 saturated carbocycles. The molecule has 1 aromatic rings. The molecule has 1 rings (SSSR count). The average Bonchev–Trinajstić information content (AvgIpc) is 2.11. The van der Waals surface area contributed by atoms with Gasteiger partial charge in [-0.1, -0.05) is 0 Å². The summed E-state index contributed by atoms with van der Waals surface area (Å²) in [4.78, 5) is 21.3. The summed E-state index contributed by atoms with van der Waals surface area (Å²) in [5.74, 6) is -2.50. The van der Waals surface area contributed by atoms with Gasteiger partial charge in [0.05, 0.1) is 0 Å². The summed E-state index contributed by atoms with van der Waals surface area (Å²) >= 11 is 0. The molecule has 0 unspecified atom stereocenters. The van der Waals surface area contributed by atoms with Crippen molar-refractivity contribution < 1.29 is 24.5 Å². The van der Waals surface area contributed by atoms with Gasteiger partial charge in [0.15, 0.2) is 11.5 Å². The number of ketones is 1. The molecule has 0 fully saturated rings. The van der Waals surface area contributed by atoms with Crippen LogP contribution in [0.2, 0.25) is 0 Å². The molecule has 0 atom stereocenters. The van der Waals surface area contributed by atoms with Crippen LogP contribution in [0.25, 0.3) is 0 Å². The first-order chi connectivity index (χ1) is 6.50. The van der Waals surface area contributed by atoms with E-state index < -0.39 is 17.5 Å². The first-order valence-electron chi connectivity index (χ1n) is 3.75. The molecule has 1 aromatic carbocycles. The summed E-state index contributed by atoms with van der Waals surface area (Å²) in [7, 11) is 0. The zero-order chi connectivity index (χ0) is 10.7. The summed E-state index contributed by atoms with van der Waals surface area (Å²) in [6, 6.07) is 3.45. The van der Waals surface area contributed by atoms with Crippen LogP contribution in [0.1, 0.15) is 6.92 Å². The van der Waals surface area contributed by atoms with Crippen molar-refractivity contribution in [1.82, 2.24) is 0 Å². The maximum Gasteiger partial charge on any atom is 0.379 e. The van der Waals surface area contributed by atoms with E-state index in [-0.39, 0.29) is 11.5 Å². The molecular weight excluding hydrogens is 188 g/mol. The van der Waals surface area contributed by atoms with Crippen molar-refractivity contribution in [2.75, 3.05) is 0 Å². The van der Waals surface area contributed by atoms with Gasteiger partial charge in [-0.05, 0) is 12.1 Å². The summed E-state index contributed by atoms with van der Waals surface area (Å²) in [5, 5.41) is 18.0. The van der Waals surface area contributed by atoms with E-state index in [2.05, 4.69) is 4.74 Å². The third-order valence-electron chi connectivity index (χ3n) is 1.44. The number of Topliss-reactive ketones (excluding diaryl/α,β-unsaturated/α-hetero) is 1. The predicted molar refractivity (Wildman–Crippen MR) is 46.1 cm³/mol. The Balaban J connectivity index is 2.83. The van der Waals surface area contributed by atoms with Crippen LogP contribution in [0.3, 0.4) is 0 Å². The molecule has 5 heteroatoms. The highest BCUT2D eigenvalue weighted by Gasteiger charge is 2.11. The molecule has 0 aliphatic heterocycles. The van der Waals surface area contributed by atoms with Gasteiger partial charge in [0, 0.05) is 13.0 Å². The van der Waals surface area contributed by atoms with Crippen molar-refractivity contribution in [1.29, 1.82) is 0 Å². The van der Waals surface area contributed by atoms with Gasteiger partial charge in [-0.25, -0.2) is 4.79 Å². The zero-order valence-electron chi connectivity index (χ0n) is 7.35. The normalized spacial score (nSPS) is 9.50. The highest BCUT2D eigenvalue weighted by atomic mass is 16.5. The van der Waals surface area contributed by atoms with E-state index in [1.807, 2.05) is 0 Å². The van der Waals surface area contributed by atoms with Gasteiger partial charge in [0.2, 0.25) is 5.78 Å². The number of carbonyl (C=O) groups is 2. The summed E-state index contributed by atoms with van der Waals surface area (Å²) in [6.07, 6.45) is 0. The van der Waals surface area contributed by atoms with Crippen LogP contribution in [0.15, 0.2) is 18.2 Å². The Bertz CT molecular complexity index is 383. The number of hydrogen-bond acceptors (Lipinski definition) is 5. The fraction of sp³-hybridized carbons (Fsp3) is 0.111. The number of carbonyl (C=O) groups excluding carboxylic acids is 2. The number of phenolic OH excluding ortho intramolecular Hbond substituents is 2. The maximum atomic E-state index is 10.8. The highest BCUT2D eigenvalue weighted by molar-refractivity contribution is 6.33. The van der Waals surface area contributed by atoms with E-state index >= 15 is 0 Å². The van der Waals surface area contributed by atoms with Crippen LogP contribution in [0.5, 0.6) is 17.2 Å². The summed E-state index contributed by atoms with van der Waals surface area (Å²) in [6.45, 7) is 1.07. The minimum Gasteiger partial charge on any atom is -0.504 e. The number of ether oxygens (including phenoxy) is 1. The Hall–Kier alpha value is -2.04. The van der Waals surface area contributed by atoms with E-state index in [9.17, 15) is 9.59 Å². The smallest absolute Gasteiger partial charge is 0.379 e. The number of hydrogen-bond donors (Lipinski definition) is 2. The Morgan fingerprint density at radius 2 is 1.86 bits per heavy atom. The molecule has 14 heavy (non-hydrogen) atoms. The summed E-state index contributed by atoms with van der Waals surface area (Å²) < 4.78 is 4.55. The van der Waals surface area contributed by atoms with Crippen molar-refractivity contribution in [3.05, 3.63) is 18.2 Å². The van der Waals surface area contributed by atoms with Gasteiger partial charge < -0.3 is 14.9 Å². The topological polar surface area (TPSA) is 83.8 Å². The average molecular weight is 196 g/mol.